The van der Waals surface area contributed by atoms with Gasteiger partial charge in [0.1, 0.15) is 22.9 Å². The highest BCUT2D eigenvalue weighted by Crippen LogP contribution is 2.44. The van der Waals surface area contributed by atoms with Gasteiger partial charge >= 0.3 is 0 Å². The van der Waals surface area contributed by atoms with Crippen LogP contribution in [0.3, 0.4) is 0 Å². The number of hydrogen-bond acceptors (Lipinski definition) is 5. The van der Waals surface area contributed by atoms with Crippen LogP contribution in [0.1, 0.15) is 37.9 Å². The molecule has 1 saturated carbocycles. The largest absolute Gasteiger partial charge is 0.382 e. The number of imidazole rings is 1. The lowest BCUT2D eigenvalue weighted by molar-refractivity contribution is 0.247. The molecule has 0 unspecified atom stereocenters. The second-order valence-electron chi connectivity index (χ2n) is 8.61. The summed E-state index contributed by atoms with van der Waals surface area (Å²) >= 11 is 0. The molecule has 1 fully saturated rings. The van der Waals surface area contributed by atoms with Crippen molar-refractivity contribution in [1.29, 1.82) is 0 Å². The van der Waals surface area contributed by atoms with Crippen LogP contribution in [0.25, 0.3) is 39.1 Å². The van der Waals surface area contributed by atoms with Crippen LogP contribution in [-0.4, -0.2) is 24.3 Å². The third-order valence-electron chi connectivity index (χ3n) is 6.68. The fraction of sp³-hybridized carbons (Fsp3) is 0.231. The predicted molar refractivity (Wildman–Crippen MR) is 127 cm³/mol. The van der Waals surface area contributed by atoms with E-state index in [1.165, 1.54) is 19.3 Å². The van der Waals surface area contributed by atoms with Crippen LogP contribution in [0.4, 0.5) is 5.82 Å². The summed E-state index contributed by atoms with van der Waals surface area (Å²) in [5, 5.41) is 1.08. The maximum Gasteiger partial charge on any atom is 0.150 e. The van der Waals surface area contributed by atoms with Gasteiger partial charge in [-0.2, -0.15) is 0 Å². The smallest absolute Gasteiger partial charge is 0.150 e. The van der Waals surface area contributed by atoms with E-state index in [9.17, 15) is 0 Å². The zero-order valence-electron chi connectivity index (χ0n) is 17.9. The summed E-state index contributed by atoms with van der Waals surface area (Å²) in [6.07, 6.45) is 9.12. The molecule has 1 aromatic carbocycles. The van der Waals surface area contributed by atoms with Crippen molar-refractivity contribution in [2.24, 2.45) is 5.92 Å². The summed E-state index contributed by atoms with van der Waals surface area (Å²) in [4.78, 5) is 18.8. The molecule has 0 atom stereocenters. The number of nitrogen functional groups attached to an aromatic ring is 1. The first-order valence-corrected chi connectivity index (χ1v) is 11.2. The van der Waals surface area contributed by atoms with Gasteiger partial charge in [0, 0.05) is 35.5 Å². The van der Waals surface area contributed by atoms with Crippen molar-refractivity contribution in [3.63, 3.8) is 0 Å². The van der Waals surface area contributed by atoms with Gasteiger partial charge in [-0.05, 0) is 43.0 Å². The molecular formula is C26H24N6. The molecule has 0 spiro atoms. The first-order chi connectivity index (χ1) is 15.7. The Kier molecular flexibility index (Phi) is 4.38. The van der Waals surface area contributed by atoms with E-state index in [1.54, 1.807) is 12.4 Å². The zero-order valence-corrected chi connectivity index (χ0v) is 17.9. The molecule has 1 aliphatic carbocycles. The summed E-state index contributed by atoms with van der Waals surface area (Å²) < 4.78 is 2.14. The van der Waals surface area contributed by atoms with E-state index in [1.807, 2.05) is 30.5 Å². The van der Waals surface area contributed by atoms with Gasteiger partial charge in [0.2, 0.25) is 0 Å². The molecule has 6 nitrogen and oxygen atoms in total. The van der Waals surface area contributed by atoms with Crippen LogP contribution in [0.15, 0.2) is 67.1 Å². The summed E-state index contributed by atoms with van der Waals surface area (Å²) in [5.74, 6) is 2.86. The van der Waals surface area contributed by atoms with Crippen molar-refractivity contribution in [3.05, 3.63) is 72.9 Å². The summed E-state index contributed by atoms with van der Waals surface area (Å²) in [6, 6.07) is 16.2. The number of aromatic nitrogens is 5. The Morgan fingerprint density at radius 1 is 0.969 bits per heavy atom. The SMILES string of the molecule is CCC1CC(c2nc(-c3ccc4ccc(-c5ccccn5)nc4c3)c3c(N)nccn23)C1. The topological polar surface area (TPSA) is 82.0 Å². The van der Waals surface area contributed by atoms with E-state index in [4.69, 9.17) is 15.7 Å². The Labute approximate surface area is 186 Å². The lowest BCUT2D eigenvalue weighted by Crippen LogP contribution is -2.23. The second-order valence-corrected chi connectivity index (χ2v) is 8.61. The number of nitrogens with two attached hydrogens (primary N) is 1. The molecule has 1 aliphatic rings. The summed E-state index contributed by atoms with van der Waals surface area (Å²) in [5.41, 5.74) is 11.7. The predicted octanol–water partition coefficient (Wildman–Crippen LogP) is 5.49. The third kappa shape index (κ3) is 3.02. The number of hydrogen-bond donors (Lipinski definition) is 1. The van der Waals surface area contributed by atoms with Crippen molar-refractivity contribution in [2.45, 2.75) is 32.1 Å². The fourth-order valence-electron chi connectivity index (χ4n) is 4.78. The molecule has 158 valence electrons. The van der Waals surface area contributed by atoms with Crippen LogP contribution in [-0.2, 0) is 0 Å². The molecule has 0 radical (unpaired) electrons. The van der Waals surface area contributed by atoms with Crippen LogP contribution in [0, 0.1) is 5.92 Å². The van der Waals surface area contributed by atoms with Gasteiger partial charge < -0.3 is 5.73 Å². The van der Waals surface area contributed by atoms with Crippen LogP contribution >= 0.6 is 0 Å². The van der Waals surface area contributed by atoms with Crippen molar-refractivity contribution in [2.75, 3.05) is 5.73 Å². The van der Waals surface area contributed by atoms with Gasteiger partial charge in [-0.25, -0.2) is 15.0 Å². The van der Waals surface area contributed by atoms with Gasteiger partial charge in [0.15, 0.2) is 0 Å². The van der Waals surface area contributed by atoms with Crippen molar-refractivity contribution in [3.8, 4) is 22.6 Å². The quantitative estimate of drug-likeness (QED) is 0.416. The molecule has 6 heteroatoms. The fourth-order valence-corrected chi connectivity index (χ4v) is 4.78. The van der Waals surface area contributed by atoms with E-state index in [0.29, 0.717) is 11.7 Å². The summed E-state index contributed by atoms with van der Waals surface area (Å²) in [6.45, 7) is 2.26. The second kappa shape index (κ2) is 7.41. The molecule has 32 heavy (non-hydrogen) atoms. The van der Waals surface area contributed by atoms with E-state index >= 15 is 0 Å². The number of pyridine rings is 2. The Morgan fingerprint density at radius 3 is 2.66 bits per heavy atom. The van der Waals surface area contributed by atoms with E-state index < -0.39 is 0 Å². The van der Waals surface area contributed by atoms with E-state index in [0.717, 1.165) is 50.8 Å². The Balaban J connectivity index is 1.49. The number of fused-ring (bicyclic) bond motifs is 2. The molecule has 2 N–H and O–H groups in total. The Hall–Kier alpha value is -3.80. The zero-order chi connectivity index (χ0) is 21.7. The summed E-state index contributed by atoms with van der Waals surface area (Å²) in [7, 11) is 0. The normalized spacial score (nSPS) is 18.2. The van der Waals surface area contributed by atoms with Crippen molar-refractivity contribution >= 4 is 22.2 Å². The Morgan fingerprint density at radius 2 is 1.84 bits per heavy atom. The van der Waals surface area contributed by atoms with Gasteiger partial charge in [-0.15, -0.1) is 0 Å². The highest BCUT2D eigenvalue weighted by atomic mass is 15.1. The van der Waals surface area contributed by atoms with Gasteiger partial charge in [0.25, 0.3) is 0 Å². The van der Waals surface area contributed by atoms with Crippen LogP contribution < -0.4 is 5.73 Å². The van der Waals surface area contributed by atoms with E-state index in [2.05, 4.69) is 45.6 Å². The molecule has 0 aliphatic heterocycles. The Bertz CT molecular complexity index is 1430. The molecule has 4 heterocycles. The van der Waals surface area contributed by atoms with Gasteiger partial charge in [0.05, 0.1) is 16.9 Å². The molecule has 0 bridgehead atoms. The van der Waals surface area contributed by atoms with E-state index in [-0.39, 0.29) is 0 Å². The maximum absolute atomic E-state index is 6.34. The molecule has 6 rings (SSSR count). The van der Waals surface area contributed by atoms with Crippen LogP contribution in [0.2, 0.25) is 0 Å². The first-order valence-electron chi connectivity index (χ1n) is 11.2. The number of anilines is 1. The lowest BCUT2D eigenvalue weighted by Gasteiger charge is -2.33. The van der Waals surface area contributed by atoms with Crippen molar-refractivity contribution in [1.82, 2.24) is 24.3 Å². The average molecular weight is 421 g/mol. The lowest BCUT2D eigenvalue weighted by atomic mass is 9.73. The molecule has 5 aromatic rings. The highest BCUT2D eigenvalue weighted by molar-refractivity contribution is 5.91. The molecule has 4 aromatic heterocycles. The van der Waals surface area contributed by atoms with Gasteiger partial charge in [-0.3, -0.25) is 9.38 Å². The highest BCUT2D eigenvalue weighted by Gasteiger charge is 2.33. The third-order valence-corrected chi connectivity index (χ3v) is 6.68. The number of nitrogens with zero attached hydrogens (tertiary/aromatic N) is 5. The molecular weight excluding hydrogens is 396 g/mol. The van der Waals surface area contributed by atoms with Crippen molar-refractivity contribution < 1.29 is 0 Å². The number of rotatable bonds is 4. The average Bonchev–Trinajstić information content (AvgIpc) is 3.19. The monoisotopic (exact) mass is 420 g/mol. The molecule has 0 saturated heterocycles. The molecule has 0 amide bonds. The minimum atomic E-state index is 0.470. The maximum atomic E-state index is 6.34. The number of benzene rings is 1. The van der Waals surface area contributed by atoms with Crippen LogP contribution in [0.5, 0.6) is 0 Å². The minimum Gasteiger partial charge on any atom is -0.382 e. The minimum absolute atomic E-state index is 0.470. The first kappa shape index (κ1) is 18.9. The standard InChI is InChI=1S/C26H24N6/c1-2-16-13-19(14-16)26-31-23(24-25(27)29-11-12-32(24)26)18-7-6-17-8-9-21(30-22(17)15-18)20-5-3-4-10-28-20/h3-12,15-16,19H,2,13-14H2,1H3,(H2,27,29). The van der Waals surface area contributed by atoms with Gasteiger partial charge in [-0.1, -0.05) is 37.6 Å².